The monoisotopic (exact) mass is 246 g/mol. The van der Waals surface area contributed by atoms with E-state index in [1.165, 1.54) is 6.42 Å². The molecule has 3 heterocycles. The van der Waals surface area contributed by atoms with Crippen molar-refractivity contribution >= 4 is 22.8 Å². The van der Waals surface area contributed by atoms with Crippen molar-refractivity contribution in [1.29, 1.82) is 0 Å². The molecule has 0 amide bonds. The smallest absolute Gasteiger partial charge is 0.224 e. The summed E-state index contributed by atoms with van der Waals surface area (Å²) in [5, 5.41) is 7.83. The molecule has 0 radical (unpaired) electrons. The fraction of sp³-hybridized carbons (Fsp3) is 0.583. The fourth-order valence-electron chi connectivity index (χ4n) is 2.91. The molecule has 1 fully saturated rings. The highest BCUT2D eigenvalue weighted by Gasteiger charge is 2.24. The molecule has 2 aromatic rings. The van der Waals surface area contributed by atoms with Gasteiger partial charge < -0.3 is 10.6 Å². The SMILES string of the molecule is CC1CC(C)CN(c2nc(N)nc3[nH]ncc23)C1. The lowest BCUT2D eigenvalue weighted by Gasteiger charge is -2.36. The minimum atomic E-state index is 0.299. The van der Waals surface area contributed by atoms with Gasteiger partial charge in [-0.15, -0.1) is 0 Å². The first-order valence-electron chi connectivity index (χ1n) is 6.35. The van der Waals surface area contributed by atoms with E-state index < -0.39 is 0 Å². The van der Waals surface area contributed by atoms with Crippen LogP contribution >= 0.6 is 0 Å². The number of nitrogens with zero attached hydrogens (tertiary/aromatic N) is 4. The topological polar surface area (TPSA) is 83.7 Å². The standard InChI is InChI=1S/C12H18N6/c1-7-3-8(2)6-18(5-7)11-9-4-14-17-10(9)15-12(13)16-11/h4,7-8H,3,5-6H2,1-2H3,(H3,13,14,15,16,17). The number of fused-ring (bicyclic) bond motifs is 1. The van der Waals surface area contributed by atoms with Gasteiger partial charge in [0.2, 0.25) is 5.95 Å². The number of hydrogen-bond acceptors (Lipinski definition) is 5. The first-order chi connectivity index (χ1) is 8.63. The lowest BCUT2D eigenvalue weighted by atomic mass is 9.92. The summed E-state index contributed by atoms with van der Waals surface area (Å²) in [5.74, 6) is 2.55. The number of hydrogen-bond donors (Lipinski definition) is 2. The summed E-state index contributed by atoms with van der Waals surface area (Å²) < 4.78 is 0. The van der Waals surface area contributed by atoms with Crippen molar-refractivity contribution in [3.05, 3.63) is 6.20 Å². The van der Waals surface area contributed by atoms with Crippen LogP contribution in [-0.2, 0) is 0 Å². The molecule has 3 N–H and O–H groups in total. The molecule has 0 aliphatic carbocycles. The Kier molecular flexibility index (Phi) is 2.57. The van der Waals surface area contributed by atoms with E-state index in [0.717, 1.165) is 24.3 Å². The molecule has 3 rings (SSSR count). The van der Waals surface area contributed by atoms with Crippen LogP contribution in [0.2, 0.25) is 0 Å². The number of aromatic nitrogens is 4. The number of nitrogens with two attached hydrogens (primary N) is 1. The van der Waals surface area contributed by atoms with E-state index in [-0.39, 0.29) is 0 Å². The zero-order chi connectivity index (χ0) is 12.7. The summed E-state index contributed by atoms with van der Waals surface area (Å²) in [6.45, 7) is 6.59. The van der Waals surface area contributed by atoms with Crippen LogP contribution in [0.1, 0.15) is 20.3 Å². The summed E-state index contributed by atoms with van der Waals surface area (Å²) in [6, 6.07) is 0. The zero-order valence-corrected chi connectivity index (χ0v) is 10.7. The van der Waals surface area contributed by atoms with Gasteiger partial charge in [0.25, 0.3) is 0 Å². The number of H-pyrrole nitrogens is 1. The minimum Gasteiger partial charge on any atom is -0.368 e. The molecular weight excluding hydrogens is 228 g/mol. The Balaban J connectivity index is 2.05. The van der Waals surface area contributed by atoms with Crippen molar-refractivity contribution in [2.45, 2.75) is 20.3 Å². The Labute approximate surface area is 106 Å². The number of nitrogens with one attached hydrogen (secondary N) is 1. The van der Waals surface area contributed by atoms with Crippen molar-refractivity contribution < 1.29 is 0 Å². The summed E-state index contributed by atoms with van der Waals surface area (Å²) in [7, 11) is 0. The second-order valence-electron chi connectivity index (χ2n) is 5.39. The van der Waals surface area contributed by atoms with Crippen LogP contribution in [-0.4, -0.2) is 33.3 Å². The summed E-state index contributed by atoms with van der Waals surface area (Å²) in [5.41, 5.74) is 6.47. The van der Waals surface area contributed by atoms with Gasteiger partial charge in [-0.2, -0.15) is 15.1 Å². The molecule has 96 valence electrons. The van der Waals surface area contributed by atoms with Gasteiger partial charge >= 0.3 is 0 Å². The molecule has 6 nitrogen and oxygen atoms in total. The van der Waals surface area contributed by atoms with Gasteiger partial charge in [0.1, 0.15) is 5.82 Å². The molecule has 1 aliphatic rings. The van der Waals surface area contributed by atoms with Crippen LogP contribution in [0, 0.1) is 11.8 Å². The molecule has 6 heteroatoms. The van der Waals surface area contributed by atoms with Gasteiger partial charge in [-0.25, -0.2) is 0 Å². The number of piperidine rings is 1. The molecule has 2 aromatic heterocycles. The van der Waals surface area contributed by atoms with Crippen LogP contribution in [0.15, 0.2) is 6.20 Å². The van der Waals surface area contributed by atoms with Gasteiger partial charge in [-0.1, -0.05) is 13.8 Å². The highest BCUT2D eigenvalue weighted by atomic mass is 15.2. The first-order valence-corrected chi connectivity index (χ1v) is 6.35. The van der Waals surface area contributed by atoms with Gasteiger partial charge in [0, 0.05) is 13.1 Å². The molecule has 18 heavy (non-hydrogen) atoms. The third kappa shape index (κ3) is 1.87. The average molecular weight is 246 g/mol. The average Bonchev–Trinajstić information content (AvgIpc) is 2.74. The van der Waals surface area contributed by atoms with Crippen LogP contribution < -0.4 is 10.6 Å². The van der Waals surface area contributed by atoms with Gasteiger partial charge in [0.15, 0.2) is 5.65 Å². The largest absolute Gasteiger partial charge is 0.368 e. The Morgan fingerprint density at radius 1 is 1.28 bits per heavy atom. The molecule has 2 unspecified atom stereocenters. The minimum absolute atomic E-state index is 0.299. The third-order valence-electron chi connectivity index (χ3n) is 3.48. The van der Waals surface area contributed by atoms with E-state index in [0.29, 0.717) is 23.4 Å². The Morgan fingerprint density at radius 2 is 2.00 bits per heavy atom. The van der Waals surface area contributed by atoms with E-state index in [1.54, 1.807) is 6.20 Å². The van der Waals surface area contributed by atoms with Gasteiger partial charge in [0.05, 0.1) is 11.6 Å². The molecule has 1 saturated heterocycles. The number of rotatable bonds is 1. The number of nitrogen functional groups attached to an aromatic ring is 1. The highest BCUT2D eigenvalue weighted by molar-refractivity contribution is 5.87. The lowest BCUT2D eigenvalue weighted by Crippen LogP contribution is -2.39. The van der Waals surface area contributed by atoms with Crippen molar-refractivity contribution in [1.82, 2.24) is 20.2 Å². The van der Waals surface area contributed by atoms with Crippen molar-refractivity contribution in [3.8, 4) is 0 Å². The Morgan fingerprint density at radius 3 is 2.72 bits per heavy atom. The van der Waals surface area contributed by atoms with Gasteiger partial charge in [-0.05, 0) is 18.3 Å². The molecule has 0 aromatic carbocycles. The van der Waals surface area contributed by atoms with E-state index in [4.69, 9.17) is 5.73 Å². The maximum atomic E-state index is 5.76. The predicted octanol–water partition coefficient (Wildman–Crippen LogP) is 1.42. The van der Waals surface area contributed by atoms with Crippen LogP contribution in [0.3, 0.4) is 0 Å². The Hall–Kier alpha value is -1.85. The summed E-state index contributed by atoms with van der Waals surface area (Å²) >= 11 is 0. The Bertz CT molecular complexity index is 553. The normalized spacial score (nSPS) is 24.7. The van der Waals surface area contributed by atoms with Crippen molar-refractivity contribution in [2.75, 3.05) is 23.7 Å². The van der Waals surface area contributed by atoms with E-state index in [1.807, 2.05) is 0 Å². The van der Waals surface area contributed by atoms with Crippen molar-refractivity contribution in [2.24, 2.45) is 11.8 Å². The molecular formula is C12H18N6. The first kappa shape index (κ1) is 11.3. The third-order valence-corrected chi connectivity index (χ3v) is 3.48. The summed E-state index contributed by atoms with van der Waals surface area (Å²) in [4.78, 5) is 10.9. The molecule has 0 bridgehead atoms. The second-order valence-corrected chi connectivity index (χ2v) is 5.39. The van der Waals surface area contributed by atoms with Crippen LogP contribution in [0.25, 0.3) is 11.0 Å². The quantitative estimate of drug-likeness (QED) is 0.795. The van der Waals surface area contributed by atoms with E-state index >= 15 is 0 Å². The molecule has 0 saturated carbocycles. The molecule has 1 aliphatic heterocycles. The maximum absolute atomic E-state index is 5.76. The van der Waals surface area contributed by atoms with E-state index in [9.17, 15) is 0 Å². The molecule has 0 spiro atoms. The van der Waals surface area contributed by atoms with Crippen LogP contribution in [0.4, 0.5) is 11.8 Å². The van der Waals surface area contributed by atoms with Crippen molar-refractivity contribution in [3.63, 3.8) is 0 Å². The lowest BCUT2D eigenvalue weighted by molar-refractivity contribution is 0.356. The highest BCUT2D eigenvalue weighted by Crippen LogP contribution is 2.29. The number of anilines is 2. The number of aromatic amines is 1. The van der Waals surface area contributed by atoms with Crippen LogP contribution in [0.5, 0.6) is 0 Å². The maximum Gasteiger partial charge on any atom is 0.224 e. The predicted molar refractivity (Wildman–Crippen MR) is 71.3 cm³/mol. The van der Waals surface area contributed by atoms with E-state index in [2.05, 4.69) is 38.9 Å². The zero-order valence-electron chi connectivity index (χ0n) is 10.7. The van der Waals surface area contributed by atoms with Gasteiger partial charge in [-0.3, -0.25) is 5.10 Å². The second kappa shape index (κ2) is 4.12. The molecule has 2 atom stereocenters. The fourth-order valence-corrected chi connectivity index (χ4v) is 2.91. The summed E-state index contributed by atoms with van der Waals surface area (Å²) in [6.07, 6.45) is 3.04.